The molecule has 0 aliphatic heterocycles. The van der Waals surface area contributed by atoms with Gasteiger partial charge in [-0.15, -0.1) is 0 Å². The van der Waals surface area contributed by atoms with Gasteiger partial charge in [-0.05, 0) is 42.3 Å². The molecule has 0 aliphatic rings. The molecule has 0 saturated heterocycles. The van der Waals surface area contributed by atoms with Crippen molar-refractivity contribution in [2.24, 2.45) is 0 Å². The van der Waals surface area contributed by atoms with E-state index < -0.39 is 0 Å². The number of amides is 1. The second-order valence-electron chi connectivity index (χ2n) is 4.18. The van der Waals surface area contributed by atoms with E-state index in [1.54, 1.807) is 36.7 Å². The third-order valence-electron chi connectivity index (χ3n) is 2.83. The highest BCUT2D eigenvalue weighted by atomic mass is 16.1. The Labute approximate surface area is 111 Å². The summed E-state index contributed by atoms with van der Waals surface area (Å²) in [6.45, 7) is 2.40. The smallest absolute Gasteiger partial charge is 0.251 e. The van der Waals surface area contributed by atoms with Crippen LogP contribution in [0, 0.1) is 18.3 Å². The number of hydrogen-bond donors (Lipinski definition) is 1. The molecule has 1 aromatic carbocycles. The summed E-state index contributed by atoms with van der Waals surface area (Å²) in [5, 5.41) is 11.6. The molecule has 0 spiro atoms. The first-order chi connectivity index (χ1) is 9.20. The van der Waals surface area contributed by atoms with Crippen molar-refractivity contribution in [2.45, 2.75) is 13.5 Å². The number of benzene rings is 1. The average Bonchev–Trinajstić information content (AvgIpc) is 2.46. The molecule has 0 saturated carbocycles. The lowest BCUT2D eigenvalue weighted by Crippen LogP contribution is -2.23. The molecule has 1 heterocycles. The normalized spacial score (nSPS) is 9.68. The quantitative estimate of drug-likeness (QED) is 0.909. The lowest BCUT2D eigenvalue weighted by molar-refractivity contribution is 0.0951. The molecule has 4 heteroatoms. The predicted octanol–water partition coefficient (Wildman–Crippen LogP) is 2.19. The third-order valence-corrected chi connectivity index (χ3v) is 2.83. The minimum absolute atomic E-state index is 0.187. The van der Waals surface area contributed by atoms with Crippen LogP contribution >= 0.6 is 0 Å². The summed E-state index contributed by atoms with van der Waals surface area (Å²) < 4.78 is 0. The zero-order chi connectivity index (χ0) is 13.7. The van der Waals surface area contributed by atoms with Gasteiger partial charge in [-0.3, -0.25) is 9.78 Å². The maximum absolute atomic E-state index is 12.0. The minimum Gasteiger partial charge on any atom is -0.348 e. The van der Waals surface area contributed by atoms with Crippen molar-refractivity contribution < 1.29 is 4.79 Å². The van der Waals surface area contributed by atoms with E-state index in [0.29, 0.717) is 17.7 Å². The van der Waals surface area contributed by atoms with E-state index in [9.17, 15) is 4.79 Å². The zero-order valence-electron chi connectivity index (χ0n) is 10.6. The highest BCUT2D eigenvalue weighted by Crippen LogP contribution is 2.07. The first kappa shape index (κ1) is 12.8. The van der Waals surface area contributed by atoms with Gasteiger partial charge >= 0.3 is 0 Å². The molecular formula is C15H13N3O. The molecule has 0 aliphatic carbocycles. The summed E-state index contributed by atoms with van der Waals surface area (Å²) in [5.41, 5.74) is 3.03. The van der Waals surface area contributed by atoms with Crippen molar-refractivity contribution >= 4 is 5.91 Å². The molecule has 0 atom stereocenters. The van der Waals surface area contributed by atoms with Crippen LogP contribution in [0.3, 0.4) is 0 Å². The van der Waals surface area contributed by atoms with Crippen LogP contribution in [0.25, 0.3) is 0 Å². The predicted molar refractivity (Wildman–Crippen MR) is 71.3 cm³/mol. The van der Waals surface area contributed by atoms with Crippen LogP contribution in [0.2, 0.25) is 0 Å². The Hall–Kier alpha value is -2.67. The van der Waals surface area contributed by atoms with Crippen molar-refractivity contribution in [3.63, 3.8) is 0 Å². The van der Waals surface area contributed by atoms with E-state index in [1.807, 2.05) is 19.1 Å². The number of nitrogens with one attached hydrogen (secondary N) is 1. The fourth-order valence-corrected chi connectivity index (χ4v) is 1.71. The zero-order valence-corrected chi connectivity index (χ0v) is 10.6. The Morgan fingerprint density at radius 1 is 1.42 bits per heavy atom. The van der Waals surface area contributed by atoms with E-state index in [2.05, 4.69) is 10.3 Å². The van der Waals surface area contributed by atoms with Gasteiger partial charge in [0, 0.05) is 24.5 Å². The van der Waals surface area contributed by atoms with E-state index in [1.165, 1.54) is 0 Å². The van der Waals surface area contributed by atoms with Gasteiger partial charge < -0.3 is 5.32 Å². The Balaban J connectivity index is 2.06. The Morgan fingerprint density at radius 3 is 3.00 bits per heavy atom. The van der Waals surface area contributed by atoms with Crippen molar-refractivity contribution in [1.29, 1.82) is 5.26 Å². The van der Waals surface area contributed by atoms with Gasteiger partial charge in [-0.1, -0.05) is 6.07 Å². The molecule has 4 nitrogen and oxygen atoms in total. The monoisotopic (exact) mass is 251 g/mol. The molecule has 1 amide bonds. The van der Waals surface area contributed by atoms with Crippen LogP contribution in [-0.2, 0) is 6.54 Å². The van der Waals surface area contributed by atoms with Crippen molar-refractivity contribution in [3.8, 4) is 6.07 Å². The molecule has 0 fully saturated rings. The lowest BCUT2D eigenvalue weighted by Gasteiger charge is -2.07. The van der Waals surface area contributed by atoms with Crippen molar-refractivity contribution in [3.05, 3.63) is 65.0 Å². The van der Waals surface area contributed by atoms with E-state index in [4.69, 9.17) is 5.26 Å². The Morgan fingerprint density at radius 2 is 2.26 bits per heavy atom. The molecular weight excluding hydrogens is 238 g/mol. The number of nitriles is 1. The third kappa shape index (κ3) is 3.17. The number of aryl methyl sites for hydroxylation is 1. The fourth-order valence-electron chi connectivity index (χ4n) is 1.71. The van der Waals surface area contributed by atoms with Gasteiger partial charge in [0.25, 0.3) is 5.91 Å². The second kappa shape index (κ2) is 5.78. The van der Waals surface area contributed by atoms with Gasteiger partial charge in [-0.25, -0.2) is 0 Å². The largest absolute Gasteiger partial charge is 0.348 e. The lowest BCUT2D eigenvalue weighted by atomic mass is 10.1. The number of hydrogen-bond acceptors (Lipinski definition) is 3. The first-order valence-electron chi connectivity index (χ1n) is 5.88. The highest BCUT2D eigenvalue weighted by Gasteiger charge is 2.06. The summed E-state index contributed by atoms with van der Waals surface area (Å²) in [7, 11) is 0. The van der Waals surface area contributed by atoms with Crippen LogP contribution < -0.4 is 5.32 Å². The Kier molecular flexibility index (Phi) is 3.89. The number of nitrogens with zero attached hydrogens (tertiary/aromatic N) is 2. The van der Waals surface area contributed by atoms with Crippen LogP contribution in [-0.4, -0.2) is 10.9 Å². The molecule has 2 rings (SSSR count). The van der Waals surface area contributed by atoms with Crippen LogP contribution in [0.15, 0.2) is 42.7 Å². The molecule has 19 heavy (non-hydrogen) atoms. The SMILES string of the molecule is Cc1cnccc1CNC(=O)c1cccc(C#N)c1. The summed E-state index contributed by atoms with van der Waals surface area (Å²) >= 11 is 0. The number of pyridine rings is 1. The molecule has 0 radical (unpaired) electrons. The van der Waals surface area contributed by atoms with E-state index >= 15 is 0 Å². The van der Waals surface area contributed by atoms with Crippen LogP contribution in [0.4, 0.5) is 0 Å². The summed E-state index contributed by atoms with van der Waals surface area (Å²) in [4.78, 5) is 16.0. The topological polar surface area (TPSA) is 65.8 Å². The van der Waals surface area contributed by atoms with Crippen molar-refractivity contribution in [2.75, 3.05) is 0 Å². The van der Waals surface area contributed by atoms with Gasteiger partial charge in [0.2, 0.25) is 0 Å². The van der Waals surface area contributed by atoms with Gasteiger partial charge in [0.1, 0.15) is 0 Å². The number of aromatic nitrogens is 1. The van der Waals surface area contributed by atoms with Gasteiger partial charge in [0.15, 0.2) is 0 Å². The number of carbonyl (C=O) groups is 1. The summed E-state index contributed by atoms with van der Waals surface area (Å²) in [6.07, 6.45) is 3.46. The van der Waals surface area contributed by atoms with Crippen molar-refractivity contribution in [1.82, 2.24) is 10.3 Å². The van der Waals surface area contributed by atoms with E-state index in [-0.39, 0.29) is 5.91 Å². The molecule has 0 unspecified atom stereocenters. The molecule has 1 N–H and O–H groups in total. The average molecular weight is 251 g/mol. The summed E-state index contributed by atoms with van der Waals surface area (Å²) in [5.74, 6) is -0.187. The Bertz CT molecular complexity index is 644. The highest BCUT2D eigenvalue weighted by molar-refractivity contribution is 5.94. The van der Waals surface area contributed by atoms with Crippen LogP contribution in [0.1, 0.15) is 27.0 Å². The minimum atomic E-state index is -0.187. The van der Waals surface area contributed by atoms with Gasteiger partial charge in [0.05, 0.1) is 11.6 Å². The number of carbonyl (C=O) groups excluding carboxylic acids is 1. The molecule has 2 aromatic rings. The maximum Gasteiger partial charge on any atom is 0.251 e. The standard InChI is InChI=1S/C15H13N3O/c1-11-9-17-6-5-14(11)10-18-15(19)13-4-2-3-12(7-13)8-16/h2-7,9H,10H2,1H3,(H,18,19). The first-order valence-corrected chi connectivity index (χ1v) is 5.88. The second-order valence-corrected chi connectivity index (χ2v) is 4.18. The molecule has 0 bridgehead atoms. The van der Waals surface area contributed by atoms with E-state index in [0.717, 1.165) is 11.1 Å². The maximum atomic E-state index is 12.0. The molecule has 94 valence electrons. The molecule has 1 aromatic heterocycles. The van der Waals surface area contributed by atoms with Gasteiger partial charge in [-0.2, -0.15) is 5.26 Å². The number of rotatable bonds is 3. The summed E-state index contributed by atoms with van der Waals surface area (Å²) in [6, 6.07) is 10.5. The fraction of sp³-hybridized carbons (Fsp3) is 0.133. The van der Waals surface area contributed by atoms with Crippen LogP contribution in [0.5, 0.6) is 0 Å².